The summed E-state index contributed by atoms with van der Waals surface area (Å²) in [5.74, 6) is 0.370. The predicted octanol–water partition coefficient (Wildman–Crippen LogP) is 1.32. The molecule has 1 heterocycles. The summed E-state index contributed by atoms with van der Waals surface area (Å²) in [6.07, 6.45) is 2.68. The van der Waals surface area contributed by atoms with Crippen molar-refractivity contribution in [3.05, 3.63) is 18.2 Å². The van der Waals surface area contributed by atoms with Gasteiger partial charge in [0.1, 0.15) is 5.82 Å². The monoisotopic (exact) mass is 232 g/mol. The quantitative estimate of drug-likeness (QED) is 0.720. The third-order valence-corrected chi connectivity index (χ3v) is 2.45. The van der Waals surface area contributed by atoms with Crippen LogP contribution in [0.25, 0.3) is 0 Å². The summed E-state index contributed by atoms with van der Waals surface area (Å²) in [6, 6.07) is 0. The summed E-state index contributed by atoms with van der Waals surface area (Å²) in [5, 5.41) is 3.09. The van der Waals surface area contributed by atoms with E-state index < -0.39 is 6.55 Å². The van der Waals surface area contributed by atoms with Crippen LogP contribution in [-0.2, 0) is 6.54 Å². The van der Waals surface area contributed by atoms with E-state index in [1.807, 2.05) is 7.05 Å². The van der Waals surface area contributed by atoms with Gasteiger partial charge in [0.25, 0.3) is 0 Å². The number of likely N-dealkylation sites (N-methyl/N-ethyl adjacent to an activating group) is 1. The minimum absolute atomic E-state index is 0.370. The number of alkyl halides is 2. The highest BCUT2D eigenvalue weighted by Gasteiger charge is 2.10. The van der Waals surface area contributed by atoms with Gasteiger partial charge in [-0.15, -0.1) is 0 Å². The Kier molecular flexibility index (Phi) is 5.34. The van der Waals surface area contributed by atoms with Crippen LogP contribution in [0.2, 0.25) is 0 Å². The fraction of sp³-hybridized carbons (Fsp3) is 0.700. The van der Waals surface area contributed by atoms with Gasteiger partial charge >= 0.3 is 6.55 Å². The zero-order valence-electron chi connectivity index (χ0n) is 9.66. The molecule has 0 aromatic carbocycles. The van der Waals surface area contributed by atoms with Gasteiger partial charge in [0.15, 0.2) is 0 Å². The molecular weight excluding hydrogens is 214 g/mol. The summed E-state index contributed by atoms with van der Waals surface area (Å²) in [6.45, 7) is 2.57. The van der Waals surface area contributed by atoms with Crippen molar-refractivity contribution in [2.24, 2.45) is 0 Å². The molecule has 0 bridgehead atoms. The average molecular weight is 232 g/mol. The van der Waals surface area contributed by atoms with Crippen LogP contribution in [0.3, 0.4) is 0 Å². The second kappa shape index (κ2) is 6.55. The number of nitrogens with zero attached hydrogens (tertiary/aromatic N) is 3. The maximum absolute atomic E-state index is 12.4. The van der Waals surface area contributed by atoms with Crippen LogP contribution < -0.4 is 5.32 Å². The van der Waals surface area contributed by atoms with E-state index in [9.17, 15) is 8.78 Å². The summed E-state index contributed by atoms with van der Waals surface area (Å²) in [4.78, 5) is 6.03. The molecular formula is C10H18F2N4. The number of imidazole rings is 1. The first-order chi connectivity index (χ1) is 7.65. The first-order valence-electron chi connectivity index (χ1n) is 5.34. The molecule has 0 saturated heterocycles. The second-order valence-electron chi connectivity index (χ2n) is 3.60. The Morgan fingerprint density at radius 1 is 1.56 bits per heavy atom. The lowest BCUT2D eigenvalue weighted by atomic mass is 10.5. The number of halogens is 2. The van der Waals surface area contributed by atoms with E-state index in [4.69, 9.17) is 0 Å². The van der Waals surface area contributed by atoms with Gasteiger partial charge in [-0.2, -0.15) is 8.78 Å². The molecule has 0 saturated carbocycles. The standard InChI is InChI=1S/C10H18F2N4/c1-3-15(2)6-4-13-8-9-14-5-7-16(9)10(11)12/h5,7,10,13H,3-4,6,8H2,1-2H3. The summed E-state index contributed by atoms with van der Waals surface area (Å²) in [7, 11) is 2.02. The maximum atomic E-state index is 12.4. The van der Waals surface area contributed by atoms with Crippen LogP contribution in [0.15, 0.2) is 12.4 Å². The van der Waals surface area contributed by atoms with Gasteiger partial charge in [-0.1, -0.05) is 6.92 Å². The van der Waals surface area contributed by atoms with E-state index in [1.165, 1.54) is 12.4 Å². The largest absolute Gasteiger partial charge is 0.319 e. The zero-order valence-corrected chi connectivity index (χ0v) is 9.66. The molecule has 1 aromatic heterocycles. The molecule has 0 spiro atoms. The number of aromatic nitrogens is 2. The van der Waals surface area contributed by atoms with Crippen LogP contribution in [0.1, 0.15) is 19.3 Å². The van der Waals surface area contributed by atoms with Crippen LogP contribution >= 0.6 is 0 Å². The molecule has 0 radical (unpaired) electrons. The Morgan fingerprint density at radius 2 is 2.31 bits per heavy atom. The van der Waals surface area contributed by atoms with Crippen molar-refractivity contribution in [2.75, 3.05) is 26.7 Å². The molecule has 92 valence electrons. The van der Waals surface area contributed by atoms with E-state index in [2.05, 4.69) is 22.1 Å². The Morgan fingerprint density at radius 3 is 2.94 bits per heavy atom. The number of hydrogen-bond donors (Lipinski definition) is 1. The molecule has 0 amide bonds. The molecule has 1 aromatic rings. The van der Waals surface area contributed by atoms with Crippen LogP contribution in [0.5, 0.6) is 0 Å². The lowest BCUT2D eigenvalue weighted by molar-refractivity contribution is 0.0666. The normalized spacial score (nSPS) is 11.6. The molecule has 0 unspecified atom stereocenters. The number of hydrogen-bond acceptors (Lipinski definition) is 3. The molecule has 0 fully saturated rings. The molecule has 0 aliphatic heterocycles. The van der Waals surface area contributed by atoms with E-state index in [0.29, 0.717) is 12.4 Å². The highest BCUT2D eigenvalue weighted by Crippen LogP contribution is 2.11. The van der Waals surface area contributed by atoms with Crippen molar-refractivity contribution in [3.8, 4) is 0 Å². The number of nitrogens with one attached hydrogen (secondary N) is 1. The highest BCUT2D eigenvalue weighted by atomic mass is 19.3. The first kappa shape index (κ1) is 13.1. The van der Waals surface area contributed by atoms with Gasteiger partial charge < -0.3 is 10.2 Å². The zero-order chi connectivity index (χ0) is 12.0. The molecule has 0 aliphatic carbocycles. The smallest absolute Gasteiger partial charge is 0.309 e. The second-order valence-corrected chi connectivity index (χ2v) is 3.60. The SMILES string of the molecule is CCN(C)CCNCc1nccn1C(F)F. The molecule has 1 N–H and O–H groups in total. The molecule has 0 aliphatic rings. The molecule has 0 atom stereocenters. The van der Waals surface area contributed by atoms with Gasteiger partial charge in [-0.05, 0) is 13.6 Å². The van der Waals surface area contributed by atoms with Crippen molar-refractivity contribution in [1.82, 2.24) is 19.8 Å². The summed E-state index contributed by atoms with van der Waals surface area (Å²) in [5.41, 5.74) is 0. The Labute approximate surface area is 94.3 Å². The number of rotatable bonds is 7. The lowest BCUT2D eigenvalue weighted by Crippen LogP contribution is -2.29. The highest BCUT2D eigenvalue weighted by molar-refractivity contribution is 4.92. The minimum atomic E-state index is -2.52. The fourth-order valence-corrected chi connectivity index (χ4v) is 1.29. The summed E-state index contributed by atoms with van der Waals surface area (Å²) >= 11 is 0. The average Bonchev–Trinajstić information content (AvgIpc) is 2.72. The van der Waals surface area contributed by atoms with Gasteiger partial charge in [0, 0.05) is 25.5 Å². The van der Waals surface area contributed by atoms with E-state index in [0.717, 1.165) is 24.2 Å². The van der Waals surface area contributed by atoms with E-state index >= 15 is 0 Å². The molecule has 1 rings (SSSR count). The predicted molar refractivity (Wildman–Crippen MR) is 58.4 cm³/mol. The van der Waals surface area contributed by atoms with Gasteiger partial charge in [-0.3, -0.25) is 4.57 Å². The van der Waals surface area contributed by atoms with Gasteiger partial charge in [0.05, 0.1) is 6.54 Å². The van der Waals surface area contributed by atoms with Crippen molar-refractivity contribution in [3.63, 3.8) is 0 Å². The molecule has 4 nitrogen and oxygen atoms in total. The van der Waals surface area contributed by atoms with E-state index in [1.54, 1.807) is 0 Å². The van der Waals surface area contributed by atoms with Crippen LogP contribution in [-0.4, -0.2) is 41.1 Å². The van der Waals surface area contributed by atoms with Crippen LogP contribution in [0.4, 0.5) is 8.78 Å². The van der Waals surface area contributed by atoms with Gasteiger partial charge in [0.2, 0.25) is 0 Å². The fourth-order valence-electron chi connectivity index (χ4n) is 1.29. The van der Waals surface area contributed by atoms with Gasteiger partial charge in [-0.25, -0.2) is 4.98 Å². The third kappa shape index (κ3) is 3.86. The maximum Gasteiger partial charge on any atom is 0.319 e. The Hall–Kier alpha value is -1.01. The lowest BCUT2D eigenvalue weighted by Gasteiger charge is -2.14. The Balaban J connectivity index is 2.29. The minimum Gasteiger partial charge on any atom is -0.309 e. The van der Waals surface area contributed by atoms with Crippen LogP contribution in [0, 0.1) is 0 Å². The van der Waals surface area contributed by atoms with Crippen molar-refractivity contribution in [2.45, 2.75) is 20.0 Å². The van der Waals surface area contributed by atoms with Crippen molar-refractivity contribution >= 4 is 0 Å². The van der Waals surface area contributed by atoms with E-state index in [-0.39, 0.29) is 0 Å². The summed E-state index contributed by atoms with van der Waals surface area (Å²) < 4.78 is 25.8. The first-order valence-corrected chi connectivity index (χ1v) is 5.34. The van der Waals surface area contributed by atoms with Crippen molar-refractivity contribution in [1.29, 1.82) is 0 Å². The topological polar surface area (TPSA) is 33.1 Å². The molecule has 16 heavy (non-hydrogen) atoms. The Bertz CT molecular complexity index is 301. The molecule has 6 heteroatoms. The van der Waals surface area contributed by atoms with Crippen molar-refractivity contribution < 1.29 is 8.78 Å². The third-order valence-electron chi connectivity index (χ3n) is 2.45.